The van der Waals surface area contributed by atoms with Gasteiger partial charge in [0.2, 0.25) is 5.91 Å². The fraction of sp³-hybridized carbons (Fsp3) is 0.381. The molecule has 1 N–H and O–H groups in total. The van der Waals surface area contributed by atoms with Crippen molar-refractivity contribution in [1.82, 2.24) is 4.90 Å². The van der Waals surface area contributed by atoms with E-state index in [0.717, 1.165) is 36.4 Å². The first kappa shape index (κ1) is 18.9. The van der Waals surface area contributed by atoms with E-state index in [1.165, 1.54) is 0 Å². The van der Waals surface area contributed by atoms with Gasteiger partial charge < -0.3 is 19.5 Å². The van der Waals surface area contributed by atoms with Gasteiger partial charge in [0.15, 0.2) is 11.5 Å². The molecule has 2 aliphatic heterocycles. The number of anilines is 1. The number of hydrogen-bond acceptors (Lipinski definition) is 5. The summed E-state index contributed by atoms with van der Waals surface area (Å²) in [6.07, 6.45) is 2.07. The highest BCUT2D eigenvalue weighted by atomic mass is 35.5. The summed E-state index contributed by atoms with van der Waals surface area (Å²) in [5.41, 5.74) is 1.81. The van der Waals surface area contributed by atoms with E-state index in [0.29, 0.717) is 36.2 Å². The third kappa shape index (κ3) is 4.03. The molecule has 7 heteroatoms. The van der Waals surface area contributed by atoms with Gasteiger partial charge in [-0.25, -0.2) is 0 Å². The Morgan fingerprint density at radius 1 is 1.21 bits per heavy atom. The number of benzene rings is 2. The molecular weight excluding hydrogens is 380 g/mol. The molecule has 0 unspecified atom stereocenters. The molecule has 2 aromatic rings. The quantitative estimate of drug-likeness (QED) is 0.822. The summed E-state index contributed by atoms with van der Waals surface area (Å²) in [4.78, 5) is 14.8. The number of nitrogens with zero attached hydrogens (tertiary/aromatic N) is 1. The normalized spacial score (nSPS) is 18.7. The monoisotopic (exact) mass is 402 g/mol. The van der Waals surface area contributed by atoms with Crippen molar-refractivity contribution in [2.24, 2.45) is 0 Å². The molecule has 1 saturated heterocycles. The van der Waals surface area contributed by atoms with Gasteiger partial charge in [-0.2, -0.15) is 0 Å². The van der Waals surface area contributed by atoms with E-state index < -0.39 is 0 Å². The third-order valence-corrected chi connectivity index (χ3v) is 5.39. The third-order valence-electron chi connectivity index (χ3n) is 5.10. The molecule has 1 amide bonds. The maximum atomic E-state index is 12.6. The number of methoxy groups -OCH3 is 1. The van der Waals surface area contributed by atoms with Crippen LogP contribution in [0.15, 0.2) is 36.4 Å². The standard InChI is InChI=1S/C21H23ClN2O4/c1-26-18-7-5-15(12-16(18)22)23-21(25)13-24-8-2-3-17(24)14-4-6-19-20(11-14)28-10-9-27-19/h4-7,11-12,17H,2-3,8-10,13H2,1H3,(H,23,25)/t17-/m0/s1. The Morgan fingerprint density at radius 3 is 2.82 bits per heavy atom. The smallest absolute Gasteiger partial charge is 0.238 e. The molecule has 2 aliphatic rings. The Morgan fingerprint density at radius 2 is 2.04 bits per heavy atom. The van der Waals surface area contributed by atoms with Gasteiger partial charge in [-0.05, 0) is 55.3 Å². The van der Waals surface area contributed by atoms with Gasteiger partial charge in [-0.1, -0.05) is 17.7 Å². The molecule has 28 heavy (non-hydrogen) atoms. The van der Waals surface area contributed by atoms with Gasteiger partial charge in [0.05, 0.1) is 18.7 Å². The Kier molecular flexibility index (Phi) is 5.59. The van der Waals surface area contributed by atoms with Gasteiger partial charge in [0, 0.05) is 11.7 Å². The van der Waals surface area contributed by atoms with Gasteiger partial charge >= 0.3 is 0 Å². The van der Waals surface area contributed by atoms with Gasteiger partial charge in [0.25, 0.3) is 0 Å². The number of likely N-dealkylation sites (tertiary alicyclic amines) is 1. The number of carbonyl (C=O) groups is 1. The summed E-state index contributed by atoms with van der Waals surface area (Å²) >= 11 is 6.14. The molecule has 0 radical (unpaired) electrons. The van der Waals surface area contributed by atoms with Gasteiger partial charge in [-0.15, -0.1) is 0 Å². The van der Waals surface area contributed by atoms with Crippen molar-refractivity contribution in [2.45, 2.75) is 18.9 Å². The van der Waals surface area contributed by atoms with Crippen molar-refractivity contribution in [3.63, 3.8) is 0 Å². The summed E-state index contributed by atoms with van der Waals surface area (Å²) in [6, 6.07) is 11.5. The Balaban J connectivity index is 1.42. The fourth-order valence-corrected chi connectivity index (χ4v) is 4.05. The van der Waals surface area contributed by atoms with E-state index in [9.17, 15) is 4.79 Å². The zero-order chi connectivity index (χ0) is 19.5. The minimum atomic E-state index is -0.0642. The number of fused-ring (bicyclic) bond motifs is 1. The zero-order valence-electron chi connectivity index (χ0n) is 15.7. The molecule has 0 bridgehead atoms. The summed E-state index contributed by atoms with van der Waals surface area (Å²) in [5.74, 6) is 2.09. The van der Waals surface area contributed by atoms with Crippen LogP contribution in [0.25, 0.3) is 0 Å². The first-order chi connectivity index (χ1) is 13.6. The van der Waals surface area contributed by atoms with E-state index in [2.05, 4.69) is 16.3 Å². The van der Waals surface area contributed by atoms with Crippen molar-refractivity contribution in [2.75, 3.05) is 38.7 Å². The first-order valence-corrected chi connectivity index (χ1v) is 9.79. The number of amides is 1. The maximum absolute atomic E-state index is 12.6. The van der Waals surface area contributed by atoms with Crippen LogP contribution >= 0.6 is 11.6 Å². The van der Waals surface area contributed by atoms with E-state index in [4.69, 9.17) is 25.8 Å². The highest BCUT2D eigenvalue weighted by Crippen LogP contribution is 2.38. The number of ether oxygens (including phenoxy) is 3. The molecule has 2 aromatic carbocycles. The van der Waals surface area contributed by atoms with E-state index in [-0.39, 0.29) is 11.9 Å². The molecule has 0 aromatic heterocycles. The number of rotatable bonds is 5. The van der Waals surface area contributed by atoms with Crippen LogP contribution in [0.3, 0.4) is 0 Å². The lowest BCUT2D eigenvalue weighted by Crippen LogP contribution is -2.33. The predicted octanol–water partition coefficient (Wildman–Crippen LogP) is 3.90. The first-order valence-electron chi connectivity index (χ1n) is 9.41. The molecule has 1 fully saturated rings. The lowest BCUT2D eigenvalue weighted by molar-refractivity contribution is -0.117. The topological polar surface area (TPSA) is 60.0 Å². The van der Waals surface area contributed by atoms with Crippen LogP contribution in [-0.2, 0) is 4.79 Å². The highest BCUT2D eigenvalue weighted by molar-refractivity contribution is 6.32. The van der Waals surface area contributed by atoms with Gasteiger partial charge in [-0.3, -0.25) is 9.69 Å². The fourth-order valence-electron chi connectivity index (χ4n) is 3.79. The van der Waals surface area contributed by atoms with Crippen LogP contribution in [0.2, 0.25) is 5.02 Å². The van der Waals surface area contributed by atoms with Crippen molar-refractivity contribution >= 4 is 23.2 Å². The summed E-state index contributed by atoms with van der Waals surface area (Å²) in [5, 5.41) is 3.39. The average molecular weight is 403 g/mol. The Hall–Kier alpha value is -2.44. The minimum absolute atomic E-state index is 0.0642. The zero-order valence-corrected chi connectivity index (χ0v) is 16.5. The second kappa shape index (κ2) is 8.29. The summed E-state index contributed by atoms with van der Waals surface area (Å²) in [6.45, 7) is 2.35. The molecule has 0 saturated carbocycles. The van der Waals surface area contributed by atoms with Crippen LogP contribution < -0.4 is 19.5 Å². The second-order valence-electron chi connectivity index (χ2n) is 6.93. The number of hydrogen-bond donors (Lipinski definition) is 1. The molecule has 1 atom stereocenters. The Labute approximate surface area is 169 Å². The van der Waals surface area contributed by atoms with Crippen LogP contribution in [0.1, 0.15) is 24.4 Å². The molecule has 6 nitrogen and oxygen atoms in total. The van der Waals surface area contributed by atoms with E-state index in [1.807, 2.05) is 12.1 Å². The highest BCUT2D eigenvalue weighted by Gasteiger charge is 2.28. The predicted molar refractivity (Wildman–Crippen MR) is 108 cm³/mol. The van der Waals surface area contributed by atoms with Crippen LogP contribution in [0.5, 0.6) is 17.2 Å². The SMILES string of the molecule is COc1ccc(NC(=O)CN2CCC[C@H]2c2ccc3c(c2)OCCO3)cc1Cl. The summed E-state index contributed by atoms with van der Waals surface area (Å²) in [7, 11) is 1.56. The second-order valence-corrected chi connectivity index (χ2v) is 7.34. The molecule has 2 heterocycles. The van der Waals surface area contributed by atoms with Gasteiger partial charge in [0.1, 0.15) is 19.0 Å². The molecule has 148 valence electrons. The van der Waals surface area contributed by atoms with Crippen LogP contribution in [0.4, 0.5) is 5.69 Å². The summed E-state index contributed by atoms with van der Waals surface area (Å²) < 4.78 is 16.4. The van der Waals surface area contributed by atoms with E-state index in [1.54, 1.807) is 25.3 Å². The molecular formula is C21H23ClN2O4. The van der Waals surface area contributed by atoms with Crippen LogP contribution in [-0.4, -0.2) is 44.2 Å². The Bertz CT molecular complexity index is 873. The number of nitrogens with one attached hydrogen (secondary N) is 1. The van der Waals surface area contributed by atoms with Crippen molar-refractivity contribution < 1.29 is 19.0 Å². The minimum Gasteiger partial charge on any atom is -0.495 e. The van der Waals surface area contributed by atoms with Crippen molar-refractivity contribution in [3.8, 4) is 17.2 Å². The average Bonchev–Trinajstić information content (AvgIpc) is 3.15. The molecule has 0 aliphatic carbocycles. The van der Waals surface area contributed by atoms with E-state index >= 15 is 0 Å². The largest absolute Gasteiger partial charge is 0.495 e. The van der Waals surface area contributed by atoms with Crippen molar-refractivity contribution in [1.29, 1.82) is 0 Å². The maximum Gasteiger partial charge on any atom is 0.238 e. The van der Waals surface area contributed by atoms with Crippen LogP contribution in [0, 0.1) is 0 Å². The number of halogens is 1. The lowest BCUT2D eigenvalue weighted by Gasteiger charge is -2.26. The molecule has 0 spiro atoms. The number of carbonyl (C=O) groups excluding carboxylic acids is 1. The lowest BCUT2D eigenvalue weighted by atomic mass is 10.0. The molecule has 4 rings (SSSR count). The van der Waals surface area contributed by atoms with Crippen molar-refractivity contribution in [3.05, 3.63) is 47.0 Å².